The number of rotatable bonds is 18. The Morgan fingerprint density at radius 1 is 0.441 bits per heavy atom. The second-order valence-corrected chi connectivity index (χ2v) is 14.2. The maximum atomic E-state index is 14.2. The van der Waals surface area contributed by atoms with Crippen LogP contribution in [0.3, 0.4) is 0 Å². The van der Waals surface area contributed by atoms with Crippen molar-refractivity contribution in [3.63, 3.8) is 0 Å². The predicted molar refractivity (Wildman–Crippen MR) is 227 cm³/mol. The van der Waals surface area contributed by atoms with E-state index >= 15 is 0 Å². The lowest BCUT2D eigenvalue weighted by Crippen LogP contribution is -2.55. The lowest BCUT2D eigenvalue weighted by atomic mass is 9.77. The fraction of sp³-hybridized carbons (Fsp3) is 0.224. The first-order valence-corrected chi connectivity index (χ1v) is 19.3. The van der Waals surface area contributed by atoms with Crippen molar-refractivity contribution >= 4 is 11.8 Å². The van der Waals surface area contributed by atoms with Crippen LogP contribution in [0, 0.1) is 0 Å². The van der Waals surface area contributed by atoms with E-state index in [1.54, 1.807) is 126 Å². The minimum absolute atomic E-state index is 0.216. The molecule has 6 rings (SSSR count). The van der Waals surface area contributed by atoms with Gasteiger partial charge in [0.25, 0.3) is 0 Å². The molecule has 4 N–H and O–H groups in total. The van der Waals surface area contributed by atoms with E-state index in [0.717, 1.165) is 11.1 Å². The highest BCUT2D eigenvalue weighted by Gasteiger charge is 2.44. The van der Waals surface area contributed by atoms with E-state index in [9.17, 15) is 19.8 Å². The van der Waals surface area contributed by atoms with Gasteiger partial charge in [-0.15, -0.1) is 0 Å². The summed E-state index contributed by atoms with van der Waals surface area (Å²) in [5.74, 6) is 1.14. The molecule has 0 saturated heterocycles. The largest absolute Gasteiger partial charge is 0.497 e. The number of carbonyl (C=O) groups is 2. The summed E-state index contributed by atoms with van der Waals surface area (Å²) in [7, 11) is 6.25. The Labute approximate surface area is 345 Å². The monoisotopic (exact) mass is 794 g/mol. The first-order valence-electron chi connectivity index (χ1n) is 19.3. The van der Waals surface area contributed by atoms with Gasteiger partial charge in [0.1, 0.15) is 40.6 Å². The van der Waals surface area contributed by atoms with E-state index in [0.29, 0.717) is 45.3 Å². The Morgan fingerprint density at radius 3 is 0.932 bits per heavy atom. The molecule has 2 atom stereocenters. The molecule has 0 fully saturated rings. The van der Waals surface area contributed by atoms with Gasteiger partial charge >= 0.3 is 0 Å². The molecular formula is C49H50N2O8. The Hall–Kier alpha value is -6.62. The lowest BCUT2D eigenvalue weighted by Gasteiger charge is -2.39. The van der Waals surface area contributed by atoms with Crippen molar-refractivity contribution in [2.45, 2.75) is 42.5 Å². The zero-order chi connectivity index (χ0) is 41.8. The second kappa shape index (κ2) is 19.2. The summed E-state index contributed by atoms with van der Waals surface area (Å²) < 4.78 is 21.6. The molecule has 2 unspecified atom stereocenters. The highest BCUT2D eigenvalue weighted by atomic mass is 16.5. The number of benzene rings is 6. The van der Waals surface area contributed by atoms with Crippen molar-refractivity contribution in [2.24, 2.45) is 0 Å². The summed E-state index contributed by atoms with van der Waals surface area (Å²) in [4.78, 5) is 28.4. The van der Waals surface area contributed by atoms with Crippen LogP contribution in [-0.4, -0.2) is 62.6 Å². The molecule has 10 nitrogen and oxygen atoms in total. The zero-order valence-corrected chi connectivity index (χ0v) is 33.6. The number of amides is 2. The normalized spacial score (nSPS) is 12.4. The van der Waals surface area contributed by atoms with Crippen LogP contribution >= 0.6 is 0 Å². The number of carbonyl (C=O) groups excluding carboxylic acids is 2. The van der Waals surface area contributed by atoms with Crippen molar-refractivity contribution in [2.75, 3.05) is 28.4 Å². The van der Waals surface area contributed by atoms with Crippen LogP contribution in [0.25, 0.3) is 0 Å². The average molecular weight is 795 g/mol. The van der Waals surface area contributed by atoms with Gasteiger partial charge in [0.05, 0.1) is 40.5 Å². The van der Waals surface area contributed by atoms with Crippen LogP contribution in [0.5, 0.6) is 23.0 Å². The molecule has 0 saturated carbocycles. The third-order valence-electron chi connectivity index (χ3n) is 10.7. The number of hydrogen-bond acceptors (Lipinski definition) is 8. The van der Waals surface area contributed by atoms with E-state index in [1.165, 1.54) is 0 Å². The highest BCUT2D eigenvalue weighted by molar-refractivity contribution is 5.97. The molecule has 0 aliphatic heterocycles. The minimum atomic E-state index is -1.78. The molecule has 0 spiro atoms. The Morgan fingerprint density at radius 2 is 0.695 bits per heavy atom. The quantitative estimate of drug-likeness (QED) is 0.0704. The van der Waals surface area contributed by atoms with Crippen molar-refractivity contribution in [3.05, 3.63) is 191 Å². The molecule has 10 heteroatoms. The fourth-order valence-electron chi connectivity index (χ4n) is 7.46. The van der Waals surface area contributed by atoms with E-state index in [-0.39, 0.29) is 12.8 Å². The number of methoxy groups -OCH3 is 4. The van der Waals surface area contributed by atoms with Gasteiger partial charge in [0.15, 0.2) is 0 Å². The Balaban J connectivity index is 1.36. The van der Waals surface area contributed by atoms with E-state index in [1.807, 2.05) is 60.7 Å². The Kier molecular flexibility index (Phi) is 13.7. The first-order chi connectivity index (χ1) is 28.6. The van der Waals surface area contributed by atoms with Gasteiger partial charge in [-0.05, 0) is 94.8 Å². The van der Waals surface area contributed by atoms with Crippen molar-refractivity contribution in [1.82, 2.24) is 10.6 Å². The van der Waals surface area contributed by atoms with Crippen molar-refractivity contribution in [1.29, 1.82) is 0 Å². The van der Waals surface area contributed by atoms with Gasteiger partial charge in [0, 0.05) is 0 Å². The highest BCUT2D eigenvalue weighted by Crippen LogP contribution is 2.38. The van der Waals surface area contributed by atoms with E-state index in [4.69, 9.17) is 18.9 Å². The maximum absolute atomic E-state index is 14.2. The molecule has 0 heterocycles. The second-order valence-electron chi connectivity index (χ2n) is 14.2. The van der Waals surface area contributed by atoms with Gasteiger partial charge in [-0.2, -0.15) is 0 Å². The number of hydrogen-bond donors (Lipinski definition) is 4. The van der Waals surface area contributed by atoms with E-state index in [2.05, 4.69) is 10.6 Å². The number of aliphatic hydroxyl groups is 2. The molecule has 2 amide bonds. The first kappa shape index (κ1) is 42.0. The average Bonchev–Trinajstić information content (AvgIpc) is 3.28. The Bertz CT molecular complexity index is 1990. The van der Waals surface area contributed by atoms with Gasteiger partial charge < -0.3 is 39.8 Å². The molecule has 6 aromatic carbocycles. The van der Waals surface area contributed by atoms with Crippen LogP contribution in [0.4, 0.5) is 0 Å². The smallest absolute Gasteiger partial charge is 0.229 e. The molecule has 0 bridgehead atoms. The van der Waals surface area contributed by atoms with Gasteiger partial charge in [0.2, 0.25) is 11.8 Å². The van der Waals surface area contributed by atoms with Gasteiger partial charge in [-0.3, -0.25) is 9.59 Å². The van der Waals surface area contributed by atoms with Crippen molar-refractivity contribution in [3.8, 4) is 23.0 Å². The topological polar surface area (TPSA) is 136 Å². The molecule has 59 heavy (non-hydrogen) atoms. The molecule has 0 aliphatic carbocycles. The van der Waals surface area contributed by atoms with Crippen LogP contribution in [0.15, 0.2) is 158 Å². The molecule has 0 aliphatic rings. The summed E-state index contributed by atoms with van der Waals surface area (Å²) in [5, 5.41) is 32.0. The summed E-state index contributed by atoms with van der Waals surface area (Å²) >= 11 is 0. The van der Waals surface area contributed by atoms with Crippen LogP contribution in [0.2, 0.25) is 0 Å². The fourth-order valence-corrected chi connectivity index (χ4v) is 7.46. The van der Waals surface area contributed by atoms with Gasteiger partial charge in [-0.1, -0.05) is 109 Å². The molecule has 304 valence electrons. The third-order valence-corrected chi connectivity index (χ3v) is 10.7. The number of ether oxygens (including phenoxy) is 4. The third kappa shape index (κ3) is 9.75. The SMILES string of the molecule is COc1ccc(C(O)(c2ccc(OC)cc2)C(Cc2ccccc2)NC(=O)CC(=O)NC(Cc2ccccc2)C(O)(c2ccc(OC)cc2)c2ccc(OC)cc2)cc1. The zero-order valence-electron chi connectivity index (χ0n) is 33.6. The standard InChI is InChI=1S/C49H50N2O8/c1-56-40-23-15-36(16-24-40)48(54,37-17-25-41(57-2)26-18-37)44(31-34-11-7-5-8-12-34)50-46(52)33-47(53)51-45(32-35-13-9-6-10-14-35)49(55,38-19-27-42(58-3)28-20-38)39-21-29-43(59-4)30-22-39/h5-30,44-45,54-55H,31-33H2,1-4H3,(H,50,52)(H,51,53). The number of nitrogens with one attached hydrogen (secondary N) is 2. The molecule has 0 radical (unpaired) electrons. The van der Waals surface area contributed by atoms with Gasteiger partial charge in [-0.25, -0.2) is 0 Å². The minimum Gasteiger partial charge on any atom is -0.497 e. The molecular weight excluding hydrogens is 745 g/mol. The van der Waals surface area contributed by atoms with Crippen LogP contribution in [0.1, 0.15) is 39.8 Å². The summed E-state index contributed by atoms with van der Waals surface area (Å²) in [6, 6.07) is 45.2. The molecule has 0 aromatic heterocycles. The maximum Gasteiger partial charge on any atom is 0.229 e. The predicted octanol–water partition coefficient (Wildman–Crippen LogP) is 6.74. The van der Waals surface area contributed by atoms with Crippen LogP contribution < -0.4 is 29.6 Å². The lowest BCUT2D eigenvalue weighted by molar-refractivity contribution is -0.132. The molecule has 6 aromatic rings. The summed E-state index contributed by atoms with van der Waals surface area (Å²) in [6.07, 6.45) is -0.165. The summed E-state index contributed by atoms with van der Waals surface area (Å²) in [6.45, 7) is 0. The van der Waals surface area contributed by atoms with Crippen LogP contribution in [-0.2, 0) is 33.6 Å². The van der Waals surface area contributed by atoms with Crippen molar-refractivity contribution < 1.29 is 38.7 Å². The summed E-state index contributed by atoms with van der Waals surface area (Å²) in [5.41, 5.74) is 0.160. The van der Waals surface area contributed by atoms with E-state index < -0.39 is 41.5 Å².